The van der Waals surface area contributed by atoms with Gasteiger partial charge in [-0.3, -0.25) is 9.48 Å². The Morgan fingerprint density at radius 2 is 2.19 bits per heavy atom. The summed E-state index contributed by atoms with van der Waals surface area (Å²) in [6.07, 6.45) is 6.37. The lowest BCUT2D eigenvalue weighted by atomic mass is 10.2. The van der Waals surface area contributed by atoms with Crippen molar-refractivity contribution in [3.63, 3.8) is 0 Å². The number of amides is 1. The topological polar surface area (TPSA) is 75.9 Å². The Balaban J connectivity index is 1.31. The van der Waals surface area contributed by atoms with Crippen LogP contribution in [0.1, 0.15) is 41.9 Å². The van der Waals surface area contributed by atoms with Crippen molar-refractivity contribution in [3.8, 4) is 0 Å². The van der Waals surface area contributed by atoms with Crippen LogP contribution >= 0.6 is 0 Å². The van der Waals surface area contributed by atoms with Gasteiger partial charge in [0, 0.05) is 49.0 Å². The van der Waals surface area contributed by atoms with Crippen molar-refractivity contribution in [3.05, 3.63) is 35.0 Å². The lowest BCUT2D eigenvalue weighted by Gasteiger charge is -2.18. The van der Waals surface area contributed by atoms with Crippen molar-refractivity contribution >= 4 is 11.7 Å². The summed E-state index contributed by atoms with van der Waals surface area (Å²) in [5.41, 5.74) is 4.55. The Morgan fingerprint density at radius 1 is 1.31 bits per heavy atom. The molecule has 138 valence electrons. The molecule has 0 radical (unpaired) electrons. The van der Waals surface area contributed by atoms with Gasteiger partial charge in [-0.1, -0.05) is 0 Å². The minimum absolute atomic E-state index is 0.203. The molecule has 3 heterocycles. The normalized spacial score (nSPS) is 19.0. The number of aryl methyl sites for hydroxylation is 4. The fraction of sp³-hybridized carbons (Fsp3) is 0.579. The molecule has 1 aliphatic heterocycles. The van der Waals surface area contributed by atoms with Crippen LogP contribution in [0.5, 0.6) is 0 Å². The standard InChI is InChI=1S/C19H26N6O/c1-13-10-14(2)25(23-13)9-7-18(26)24-8-6-15(11-24)22-19-16-4-3-5-17(16)20-12-21-19/h10,12,15H,3-9,11H2,1-2H3,(H,20,21,22). The second kappa shape index (κ2) is 7.05. The summed E-state index contributed by atoms with van der Waals surface area (Å²) >= 11 is 0. The van der Waals surface area contributed by atoms with Crippen LogP contribution in [0.2, 0.25) is 0 Å². The Bertz CT molecular complexity index is 814. The fourth-order valence-corrected chi connectivity index (χ4v) is 4.04. The summed E-state index contributed by atoms with van der Waals surface area (Å²) in [5.74, 6) is 1.17. The van der Waals surface area contributed by atoms with E-state index in [1.54, 1.807) is 6.33 Å². The molecule has 7 nitrogen and oxygen atoms in total. The highest BCUT2D eigenvalue weighted by Crippen LogP contribution is 2.26. The lowest BCUT2D eigenvalue weighted by molar-refractivity contribution is -0.130. The maximum atomic E-state index is 12.6. The van der Waals surface area contributed by atoms with Crippen LogP contribution < -0.4 is 5.32 Å². The maximum absolute atomic E-state index is 12.6. The van der Waals surface area contributed by atoms with E-state index in [-0.39, 0.29) is 11.9 Å². The van der Waals surface area contributed by atoms with Gasteiger partial charge in [-0.05, 0) is 45.6 Å². The molecule has 0 bridgehead atoms. The van der Waals surface area contributed by atoms with Crippen molar-refractivity contribution in [2.75, 3.05) is 18.4 Å². The van der Waals surface area contributed by atoms with Crippen molar-refractivity contribution in [1.29, 1.82) is 0 Å². The molecule has 0 saturated carbocycles. The largest absolute Gasteiger partial charge is 0.365 e. The maximum Gasteiger partial charge on any atom is 0.224 e. The number of rotatable bonds is 5. The molecule has 2 aromatic heterocycles. The first-order chi connectivity index (χ1) is 12.6. The van der Waals surface area contributed by atoms with Crippen LogP contribution in [0.3, 0.4) is 0 Å². The van der Waals surface area contributed by atoms with Gasteiger partial charge in [0.15, 0.2) is 0 Å². The zero-order valence-electron chi connectivity index (χ0n) is 15.5. The van der Waals surface area contributed by atoms with E-state index in [1.807, 2.05) is 29.5 Å². The molecule has 1 amide bonds. The average molecular weight is 354 g/mol. The minimum atomic E-state index is 0.203. The summed E-state index contributed by atoms with van der Waals surface area (Å²) in [6, 6.07) is 2.31. The molecular formula is C19H26N6O. The van der Waals surface area contributed by atoms with E-state index in [9.17, 15) is 4.79 Å². The molecule has 1 unspecified atom stereocenters. The van der Waals surface area contributed by atoms with Gasteiger partial charge >= 0.3 is 0 Å². The third-order valence-electron chi connectivity index (χ3n) is 5.40. The van der Waals surface area contributed by atoms with Gasteiger partial charge in [-0.2, -0.15) is 5.10 Å². The van der Waals surface area contributed by atoms with Crippen LogP contribution in [-0.4, -0.2) is 49.7 Å². The number of nitrogens with zero attached hydrogens (tertiary/aromatic N) is 5. The molecule has 7 heteroatoms. The smallest absolute Gasteiger partial charge is 0.224 e. The Hall–Kier alpha value is -2.44. The quantitative estimate of drug-likeness (QED) is 0.887. The van der Waals surface area contributed by atoms with Gasteiger partial charge in [0.2, 0.25) is 5.91 Å². The molecule has 2 aliphatic rings. The third kappa shape index (κ3) is 3.43. The molecule has 26 heavy (non-hydrogen) atoms. The van der Waals surface area contributed by atoms with Gasteiger partial charge in [0.25, 0.3) is 0 Å². The van der Waals surface area contributed by atoms with Crippen molar-refractivity contribution in [1.82, 2.24) is 24.6 Å². The fourth-order valence-electron chi connectivity index (χ4n) is 4.04. The number of carbonyl (C=O) groups excluding carboxylic acids is 1. The summed E-state index contributed by atoms with van der Waals surface area (Å²) < 4.78 is 1.92. The highest BCUT2D eigenvalue weighted by molar-refractivity contribution is 5.76. The zero-order valence-corrected chi connectivity index (χ0v) is 15.5. The molecule has 1 saturated heterocycles. The predicted molar refractivity (Wildman–Crippen MR) is 99.0 cm³/mol. The molecular weight excluding hydrogens is 328 g/mol. The highest BCUT2D eigenvalue weighted by Gasteiger charge is 2.27. The molecule has 1 atom stereocenters. The third-order valence-corrected chi connectivity index (χ3v) is 5.40. The number of hydrogen-bond acceptors (Lipinski definition) is 5. The van der Waals surface area contributed by atoms with E-state index in [1.165, 1.54) is 11.3 Å². The van der Waals surface area contributed by atoms with E-state index >= 15 is 0 Å². The first-order valence-electron chi connectivity index (χ1n) is 9.48. The first-order valence-corrected chi connectivity index (χ1v) is 9.48. The lowest BCUT2D eigenvalue weighted by Crippen LogP contribution is -2.32. The molecule has 0 aromatic carbocycles. The van der Waals surface area contributed by atoms with Gasteiger partial charge in [0.05, 0.1) is 5.69 Å². The van der Waals surface area contributed by atoms with Crippen LogP contribution in [0.4, 0.5) is 5.82 Å². The van der Waals surface area contributed by atoms with Crippen LogP contribution in [0.15, 0.2) is 12.4 Å². The first kappa shape index (κ1) is 17.0. The minimum Gasteiger partial charge on any atom is -0.365 e. The summed E-state index contributed by atoms with van der Waals surface area (Å²) in [5, 5.41) is 7.98. The van der Waals surface area contributed by atoms with Crippen LogP contribution in [0.25, 0.3) is 0 Å². The SMILES string of the molecule is Cc1cc(C)n(CCC(=O)N2CCC(Nc3ncnc4c3CCC4)C2)n1. The number of nitrogens with one attached hydrogen (secondary N) is 1. The van der Waals surface area contributed by atoms with Gasteiger partial charge < -0.3 is 10.2 Å². The number of anilines is 1. The van der Waals surface area contributed by atoms with E-state index in [2.05, 4.69) is 20.4 Å². The Morgan fingerprint density at radius 3 is 3.00 bits per heavy atom. The van der Waals surface area contributed by atoms with Gasteiger partial charge in [0.1, 0.15) is 12.1 Å². The molecule has 1 aliphatic carbocycles. The predicted octanol–water partition coefficient (Wildman–Crippen LogP) is 1.88. The number of hydrogen-bond donors (Lipinski definition) is 1. The number of aromatic nitrogens is 4. The number of carbonyl (C=O) groups is 1. The molecule has 4 rings (SSSR count). The van der Waals surface area contributed by atoms with Gasteiger partial charge in [-0.15, -0.1) is 0 Å². The van der Waals surface area contributed by atoms with Crippen molar-refractivity contribution in [2.24, 2.45) is 0 Å². The number of fused-ring (bicyclic) bond motifs is 1. The van der Waals surface area contributed by atoms with E-state index < -0.39 is 0 Å². The number of likely N-dealkylation sites (tertiary alicyclic amines) is 1. The molecule has 0 spiro atoms. The zero-order chi connectivity index (χ0) is 18.1. The van der Waals surface area contributed by atoms with Crippen molar-refractivity contribution < 1.29 is 4.79 Å². The monoisotopic (exact) mass is 354 g/mol. The van der Waals surface area contributed by atoms with Crippen LogP contribution in [-0.2, 0) is 24.2 Å². The van der Waals surface area contributed by atoms with E-state index in [0.717, 1.165) is 56.0 Å². The second-order valence-corrected chi connectivity index (χ2v) is 7.37. The summed E-state index contributed by atoms with van der Waals surface area (Å²) in [4.78, 5) is 23.3. The van der Waals surface area contributed by atoms with Crippen molar-refractivity contribution in [2.45, 2.75) is 58.5 Å². The van der Waals surface area contributed by atoms with Gasteiger partial charge in [-0.25, -0.2) is 9.97 Å². The highest BCUT2D eigenvalue weighted by atomic mass is 16.2. The summed E-state index contributed by atoms with van der Waals surface area (Å²) in [7, 11) is 0. The Labute approximate surface area is 153 Å². The molecule has 1 fully saturated rings. The summed E-state index contributed by atoms with van der Waals surface area (Å²) in [6.45, 7) is 6.20. The van der Waals surface area contributed by atoms with E-state index in [4.69, 9.17) is 0 Å². The Kier molecular flexibility index (Phi) is 4.61. The van der Waals surface area contributed by atoms with Crippen LogP contribution in [0, 0.1) is 13.8 Å². The second-order valence-electron chi connectivity index (χ2n) is 7.37. The van der Waals surface area contributed by atoms with E-state index in [0.29, 0.717) is 13.0 Å². The average Bonchev–Trinajstić information content (AvgIpc) is 3.33. The molecule has 1 N–H and O–H groups in total. The molecule has 2 aromatic rings.